The summed E-state index contributed by atoms with van der Waals surface area (Å²) in [5.41, 5.74) is 9.97. The fourth-order valence-corrected chi connectivity index (χ4v) is 6.50. The molecule has 5 heteroatoms. The molecule has 1 aliphatic heterocycles. The van der Waals surface area contributed by atoms with Gasteiger partial charge in [0.1, 0.15) is 17.1 Å². The molecule has 0 saturated carbocycles. The SMILES string of the molecule is CC1(C)c2ccc(-c3cc(C#Cc4ccccc4)c4cccc(O)c4n3)[c-]c2N(c2cc(-c3ccccc3)ccn2)c2ccccc21.[Pt]. The molecule has 0 saturated heterocycles. The molecule has 0 unspecified atom stereocenters. The Morgan fingerprint density at radius 3 is 2.27 bits per heavy atom. The van der Waals surface area contributed by atoms with E-state index in [1.165, 1.54) is 5.56 Å². The van der Waals surface area contributed by atoms with Crippen molar-refractivity contribution in [1.29, 1.82) is 0 Å². The van der Waals surface area contributed by atoms with E-state index in [9.17, 15) is 5.11 Å². The van der Waals surface area contributed by atoms with Crippen LogP contribution in [0.15, 0.2) is 140 Å². The molecule has 234 valence electrons. The topological polar surface area (TPSA) is 49.3 Å². The monoisotopic (exact) mass is 799 g/mol. The van der Waals surface area contributed by atoms with E-state index in [0.29, 0.717) is 11.2 Å². The van der Waals surface area contributed by atoms with Crippen LogP contribution < -0.4 is 4.90 Å². The summed E-state index contributed by atoms with van der Waals surface area (Å²) in [6.45, 7) is 4.51. The predicted molar refractivity (Wildman–Crippen MR) is 190 cm³/mol. The van der Waals surface area contributed by atoms with E-state index in [1.807, 2.05) is 66.9 Å². The number of rotatable bonds is 3. The van der Waals surface area contributed by atoms with Crippen LogP contribution in [-0.2, 0) is 26.5 Å². The van der Waals surface area contributed by atoms with Gasteiger partial charge >= 0.3 is 0 Å². The third-order valence-electron chi connectivity index (χ3n) is 8.93. The van der Waals surface area contributed by atoms with E-state index in [2.05, 4.69) is 103 Å². The molecule has 0 spiro atoms. The van der Waals surface area contributed by atoms with Crippen molar-refractivity contribution in [3.63, 3.8) is 0 Å². The zero-order chi connectivity index (χ0) is 32.0. The van der Waals surface area contributed by atoms with Gasteiger partial charge in [0.05, 0.1) is 0 Å². The van der Waals surface area contributed by atoms with Gasteiger partial charge in [0.15, 0.2) is 0 Å². The minimum absolute atomic E-state index is 0. The number of pyridine rings is 2. The van der Waals surface area contributed by atoms with Crippen molar-refractivity contribution in [2.45, 2.75) is 19.3 Å². The zero-order valence-corrected chi connectivity index (χ0v) is 28.7. The van der Waals surface area contributed by atoms with Crippen LogP contribution in [0.3, 0.4) is 0 Å². The minimum atomic E-state index is -0.282. The first-order chi connectivity index (χ1) is 23.0. The van der Waals surface area contributed by atoms with E-state index in [1.54, 1.807) is 6.07 Å². The number of phenols is 1. The second-order valence-electron chi connectivity index (χ2n) is 12.2. The summed E-state index contributed by atoms with van der Waals surface area (Å²) < 4.78 is 0. The fraction of sp³-hybridized carbons (Fsp3) is 0.0698. The van der Waals surface area contributed by atoms with Gasteiger partial charge in [0, 0.05) is 49.5 Å². The zero-order valence-electron chi connectivity index (χ0n) is 26.4. The number of aromatic hydroxyl groups is 1. The van der Waals surface area contributed by atoms with Crippen LogP contribution in [0.5, 0.6) is 5.75 Å². The molecule has 48 heavy (non-hydrogen) atoms. The molecule has 7 aromatic rings. The van der Waals surface area contributed by atoms with Crippen LogP contribution in [0, 0.1) is 17.9 Å². The standard InChI is InChI=1S/C43H30N3O.Pt/c1-43(2)35-17-9-10-18-38(35)46(41-28-31(24-25-44-41)30-14-7-4-8-15-30)39-27-33(22-23-36(39)43)37-26-32(21-20-29-12-5-3-6-13-29)34-16-11-19-40(47)42(34)45-37;/h3-19,22-26,28,47H,1-2H3;/q-1;. The van der Waals surface area contributed by atoms with Crippen molar-refractivity contribution in [3.8, 4) is 40.0 Å². The van der Waals surface area contributed by atoms with Gasteiger partial charge in [-0.25, -0.2) is 4.98 Å². The van der Waals surface area contributed by atoms with Crippen molar-refractivity contribution >= 4 is 28.1 Å². The third kappa shape index (κ3) is 5.47. The number of nitrogens with zero attached hydrogens (tertiary/aromatic N) is 3. The summed E-state index contributed by atoms with van der Waals surface area (Å²) in [5, 5.41) is 11.7. The van der Waals surface area contributed by atoms with Gasteiger partial charge in [0.25, 0.3) is 0 Å². The van der Waals surface area contributed by atoms with Crippen LogP contribution in [0.25, 0.3) is 33.3 Å². The molecule has 2 aromatic heterocycles. The number of fused-ring (bicyclic) bond motifs is 3. The Bertz CT molecular complexity index is 2360. The number of hydrogen-bond acceptors (Lipinski definition) is 4. The van der Waals surface area contributed by atoms with Crippen LogP contribution in [-0.4, -0.2) is 15.1 Å². The molecule has 0 aliphatic carbocycles. The Morgan fingerprint density at radius 1 is 0.708 bits per heavy atom. The largest absolute Gasteiger partial charge is 0.506 e. The molecule has 0 radical (unpaired) electrons. The van der Waals surface area contributed by atoms with Gasteiger partial charge in [-0.3, -0.25) is 4.98 Å². The number of aromatic nitrogens is 2. The normalized spacial score (nSPS) is 12.7. The van der Waals surface area contributed by atoms with Gasteiger partial charge in [-0.1, -0.05) is 116 Å². The van der Waals surface area contributed by atoms with Crippen molar-refractivity contribution < 1.29 is 26.2 Å². The molecule has 3 heterocycles. The molecule has 0 fully saturated rings. The number of anilines is 3. The molecule has 0 amide bonds. The Kier molecular flexibility index (Phi) is 8.17. The minimum Gasteiger partial charge on any atom is -0.506 e. The van der Waals surface area contributed by atoms with Crippen molar-refractivity contribution in [2.75, 3.05) is 4.90 Å². The Balaban J connectivity index is 0.00000364. The van der Waals surface area contributed by atoms with E-state index < -0.39 is 0 Å². The van der Waals surface area contributed by atoms with E-state index in [0.717, 1.165) is 56.0 Å². The van der Waals surface area contributed by atoms with Crippen LogP contribution in [0.4, 0.5) is 17.2 Å². The quantitative estimate of drug-likeness (QED) is 0.143. The van der Waals surface area contributed by atoms with Crippen LogP contribution in [0.1, 0.15) is 36.1 Å². The molecule has 0 bridgehead atoms. The van der Waals surface area contributed by atoms with Crippen molar-refractivity contribution in [3.05, 3.63) is 168 Å². The molecule has 5 aromatic carbocycles. The average molecular weight is 800 g/mol. The molecular weight excluding hydrogens is 770 g/mol. The smallest absolute Gasteiger partial charge is 0.140 e. The molecule has 1 N–H and O–H groups in total. The molecule has 1 aliphatic rings. The van der Waals surface area contributed by atoms with Gasteiger partial charge in [-0.15, -0.1) is 23.8 Å². The first kappa shape index (κ1) is 31.1. The first-order valence-corrected chi connectivity index (χ1v) is 15.7. The Labute approximate surface area is 295 Å². The van der Waals surface area contributed by atoms with Crippen molar-refractivity contribution in [2.24, 2.45) is 0 Å². The van der Waals surface area contributed by atoms with Crippen molar-refractivity contribution in [1.82, 2.24) is 9.97 Å². The number of benzene rings is 5. The van der Waals surface area contributed by atoms with Crippen LogP contribution in [0.2, 0.25) is 0 Å². The maximum atomic E-state index is 10.9. The summed E-state index contributed by atoms with van der Waals surface area (Å²) in [6.07, 6.45) is 1.87. The van der Waals surface area contributed by atoms with E-state index in [-0.39, 0.29) is 32.2 Å². The summed E-state index contributed by atoms with van der Waals surface area (Å²) in [7, 11) is 0. The van der Waals surface area contributed by atoms with E-state index in [4.69, 9.17) is 9.97 Å². The molecule has 4 nitrogen and oxygen atoms in total. The molecule has 8 rings (SSSR count). The molecule has 0 atom stereocenters. The number of para-hydroxylation sites is 2. The molecular formula is C43H30N3OPt-. The van der Waals surface area contributed by atoms with Gasteiger partial charge in [-0.05, 0) is 69.9 Å². The summed E-state index contributed by atoms with van der Waals surface area (Å²) in [5.74, 6) is 7.56. The Hall–Kier alpha value is -5.49. The van der Waals surface area contributed by atoms with Crippen LogP contribution >= 0.6 is 0 Å². The van der Waals surface area contributed by atoms with Gasteiger partial charge in [0.2, 0.25) is 0 Å². The summed E-state index contributed by atoms with van der Waals surface area (Å²) in [4.78, 5) is 12.1. The average Bonchev–Trinajstić information content (AvgIpc) is 3.12. The number of phenolic OH excluding ortho intramolecular Hbond substituents is 1. The van der Waals surface area contributed by atoms with E-state index >= 15 is 0 Å². The summed E-state index contributed by atoms with van der Waals surface area (Å²) in [6, 6.07) is 48.4. The number of hydrogen-bond donors (Lipinski definition) is 1. The fourth-order valence-electron chi connectivity index (χ4n) is 6.50. The first-order valence-electron chi connectivity index (χ1n) is 15.7. The Morgan fingerprint density at radius 2 is 1.46 bits per heavy atom. The second-order valence-corrected chi connectivity index (χ2v) is 12.2. The van der Waals surface area contributed by atoms with Gasteiger partial charge in [-0.2, -0.15) is 0 Å². The van der Waals surface area contributed by atoms with Gasteiger partial charge < -0.3 is 10.0 Å². The maximum absolute atomic E-state index is 10.9. The third-order valence-corrected chi connectivity index (χ3v) is 8.93. The predicted octanol–water partition coefficient (Wildman–Crippen LogP) is 9.98. The summed E-state index contributed by atoms with van der Waals surface area (Å²) >= 11 is 0. The second kappa shape index (κ2) is 12.6. The maximum Gasteiger partial charge on any atom is 0.140 e.